The molecule has 4 nitrogen and oxygen atoms in total. The first-order valence-electron chi connectivity index (χ1n) is 3.33. The first-order valence-corrected chi connectivity index (χ1v) is 4.56. The van der Waals surface area contributed by atoms with Crippen LogP contribution >= 0.6 is 8.25 Å². The number of hydrogen-bond donors (Lipinski definition) is 1. The molecule has 0 radical (unpaired) electrons. The van der Waals surface area contributed by atoms with E-state index in [1.807, 2.05) is 6.07 Å². The summed E-state index contributed by atoms with van der Waals surface area (Å²) in [4.78, 5) is 0. The van der Waals surface area contributed by atoms with Gasteiger partial charge in [-0.25, -0.2) is 4.57 Å². The normalized spacial score (nSPS) is 12.4. The highest BCUT2D eigenvalue weighted by atomic mass is 31.1. The van der Waals surface area contributed by atoms with Crippen LogP contribution in [0.4, 0.5) is 0 Å². The summed E-state index contributed by atoms with van der Waals surface area (Å²) in [5.41, 5.74) is 0. The third-order valence-corrected chi connectivity index (χ3v) is 1.89. The highest BCUT2D eigenvalue weighted by molar-refractivity contribution is 7.33. The van der Waals surface area contributed by atoms with Crippen molar-refractivity contribution in [2.45, 2.75) is 0 Å². The Hall–Kier alpha value is -0.830. The first-order chi connectivity index (χ1) is 5.83. The van der Waals surface area contributed by atoms with E-state index < -0.39 is 15.0 Å². The standard InChI is InChI=1S/C7H9O4P/c8-6-10-12(9)11-7-4-2-1-3-5-7/h1-5,8,12H,6H2. The number of para-hydroxylation sites is 1. The summed E-state index contributed by atoms with van der Waals surface area (Å²) in [5, 5.41) is 8.24. The van der Waals surface area contributed by atoms with Crippen molar-refractivity contribution < 1.29 is 18.7 Å². The molecule has 1 N–H and O–H groups in total. The van der Waals surface area contributed by atoms with Gasteiger partial charge in [-0.05, 0) is 12.1 Å². The molecule has 1 unspecified atom stereocenters. The van der Waals surface area contributed by atoms with Gasteiger partial charge >= 0.3 is 8.25 Å². The van der Waals surface area contributed by atoms with Gasteiger partial charge in [0.05, 0.1) is 0 Å². The Morgan fingerprint density at radius 3 is 2.58 bits per heavy atom. The minimum atomic E-state index is -2.59. The van der Waals surface area contributed by atoms with Crippen LogP contribution in [0, 0.1) is 0 Å². The van der Waals surface area contributed by atoms with Crippen LogP contribution in [0.3, 0.4) is 0 Å². The van der Waals surface area contributed by atoms with Gasteiger partial charge in [0.15, 0.2) is 6.79 Å². The molecule has 0 saturated carbocycles. The van der Waals surface area contributed by atoms with Gasteiger partial charge in [-0.2, -0.15) is 0 Å². The average Bonchev–Trinajstić information content (AvgIpc) is 2.06. The van der Waals surface area contributed by atoms with Crippen molar-refractivity contribution in [3.8, 4) is 5.75 Å². The van der Waals surface area contributed by atoms with Crippen LogP contribution in [0.15, 0.2) is 30.3 Å². The van der Waals surface area contributed by atoms with Crippen LogP contribution in [0.1, 0.15) is 0 Å². The quantitative estimate of drug-likeness (QED) is 0.573. The van der Waals surface area contributed by atoms with Crippen molar-refractivity contribution in [1.82, 2.24) is 0 Å². The van der Waals surface area contributed by atoms with Crippen LogP contribution in [0.25, 0.3) is 0 Å². The maximum atomic E-state index is 10.8. The summed E-state index contributed by atoms with van der Waals surface area (Å²) in [7, 11) is -2.59. The summed E-state index contributed by atoms with van der Waals surface area (Å²) < 4.78 is 19.9. The van der Waals surface area contributed by atoms with E-state index in [0.29, 0.717) is 5.75 Å². The molecule has 1 rings (SSSR count). The van der Waals surface area contributed by atoms with Crippen LogP contribution in [0.2, 0.25) is 0 Å². The summed E-state index contributed by atoms with van der Waals surface area (Å²) in [6.07, 6.45) is 0. The van der Waals surface area contributed by atoms with E-state index in [2.05, 4.69) is 4.52 Å². The fourth-order valence-corrected chi connectivity index (χ4v) is 1.16. The second kappa shape index (κ2) is 4.93. The fraction of sp³-hybridized carbons (Fsp3) is 0.143. The number of hydrogen-bond acceptors (Lipinski definition) is 4. The second-order valence-corrected chi connectivity index (χ2v) is 2.93. The van der Waals surface area contributed by atoms with Gasteiger partial charge in [-0.1, -0.05) is 18.2 Å². The van der Waals surface area contributed by atoms with Crippen LogP contribution < -0.4 is 4.52 Å². The van der Waals surface area contributed by atoms with E-state index in [9.17, 15) is 4.57 Å². The van der Waals surface area contributed by atoms with E-state index in [0.717, 1.165) is 0 Å². The molecule has 12 heavy (non-hydrogen) atoms. The minimum Gasteiger partial charge on any atom is -0.426 e. The zero-order chi connectivity index (χ0) is 8.81. The van der Waals surface area contributed by atoms with E-state index in [4.69, 9.17) is 9.63 Å². The smallest absolute Gasteiger partial charge is 0.369 e. The SMILES string of the molecule is O=[PH](OCO)Oc1ccccc1. The largest absolute Gasteiger partial charge is 0.426 e. The molecule has 0 aliphatic carbocycles. The highest BCUT2D eigenvalue weighted by Crippen LogP contribution is 2.26. The molecule has 1 aromatic rings. The molecule has 0 aromatic heterocycles. The Bertz CT molecular complexity index is 249. The molecule has 1 atom stereocenters. The summed E-state index contributed by atoms with van der Waals surface area (Å²) in [6.45, 7) is -0.593. The molecule has 0 heterocycles. The first kappa shape index (κ1) is 9.26. The Morgan fingerprint density at radius 2 is 2.00 bits per heavy atom. The fourth-order valence-electron chi connectivity index (χ4n) is 0.667. The van der Waals surface area contributed by atoms with Crippen molar-refractivity contribution in [3.05, 3.63) is 30.3 Å². The van der Waals surface area contributed by atoms with Crippen molar-refractivity contribution >= 4 is 8.25 Å². The zero-order valence-electron chi connectivity index (χ0n) is 6.27. The Kier molecular flexibility index (Phi) is 3.80. The van der Waals surface area contributed by atoms with Gasteiger partial charge < -0.3 is 9.63 Å². The van der Waals surface area contributed by atoms with E-state index in [1.165, 1.54) is 0 Å². The lowest BCUT2D eigenvalue weighted by Gasteiger charge is -2.03. The molecular formula is C7H9O4P. The molecule has 0 spiro atoms. The molecule has 0 fully saturated rings. The predicted octanol–water partition coefficient (Wildman–Crippen LogP) is 1.42. The molecule has 0 amide bonds. The van der Waals surface area contributed by atoms with E-state index in [1.54, 1.807) is 24.3 Å². The van der Waals surface area contributed by atoms with Gasteiger partial charge in [0.2, 0.25) is 0 Å². The summed E-state index contributed by atoms with van der Waals surface area (Å²) in [6, 6.07) is 8.64. The Morgan fingerprint density at radius 1 is 1.33 bits per heavy atom. The lowest BCUT2D eigenvalue weighted by atomic mass is 10.3. The van der Waals surface area contributed by atoms with Crippen LogP contribution in [-0.2, 0) is 9.09 Å². The number of benzene rings is 1. The lowest BCUT2D eigenvalue weighted by molar-refractivity contribution is 0.0961. The summed E-state index contributed by atoms with van der Waals surface area (Å²) in [5.74, 6) is 0.467. The predicted molar refractivity (Wildman–Crippen MR) is 44.2 cm³/mol. The third-order valence-electron chi connectivity index (χ3n) is 1.13. The number of aliphatic hydroxyl groups excluding tert-OH is 1. The molecule has 0 saturated heterocycles. The van der Waals surface area contributed by atoms with Crippen molar-refractivity contribution in [2.75, 3.05) is 6.79 Å². The maximum absolute atomic E-state index is 10.8. The van der Waals surface area contributed by atoms with Crippen LogP contribution in [0.5, 0.6) is 5.75 Å². The molecular weight excluding hydrogens is 179 g/mol. The monoisotopic (exact) mass is 188 g/mol. The Balaban J connectivity index is 2.47. The van der Waals surface area contributed by atoms with Gasteiger partial charge in [0, 0.05) is 0 Å². The Labute approximate surface area is 70.7 Å². The van der Waals surface area contributed by atoms with E-state index in [-0.39, 0.29) is 0 Å². The van der Waals surface area contributed by atoms with Crippen LogP contribution in [-0.4, -0.2) is 11.9 Å². The highest BCUT2D eigenvalue weighted by Gasteiger charge is 1.98. The molecule has 66 valence electrons. The second-order valence-electron chi connectivity index (χ2n) is 1.94. The molecule has 5 heteroatoms. The number of rotatable bonds is 4. The number of aliphatic hydroxyl groups is 1. The lowest BCUT2D eigenvalue weighted by Crippen LogP contribution is -1.87. The van der Waals surface area contributed by atoms with Gasteiger partial charge in [0.25, 0.3) is 0 Å². The van der Waals surface area contributed by atoms with Gasteiger partial charge in [0.1, 0.15) is 5.75 Å². The van der Waals surface area contributed by atoms with E-state index >= 15 is 0 Å². The zero-order valence-corrected chi connectivity index (χ0v) is 7.27. The van der Waals surface area contributed by atoms with Crippen molar-refractivity contribution in [2.24, 2.45) is 0 Å². The van der Waals surface area contributed by atoms with Crippen molar-refractivity contribution in [3.63, 3.8) is 0 Å². The summed E-state index contributed by atoms with van der Waals surface area (Å²) >= 11 is 0. The molecule has 0 aliphatic rings. The molecule has 1 aromatic carbocycles. The topological polar surface area (TPSA) is 55.8 Å². The van der Waals surface area contributed by atoms with Crippen molar-refractivity contribution in [1.29, 1.82) is 0 Å². The third kappa shape index (κ3) is 3.05. The van der Waals surface area contributed by atoms with Gasteiger partial charge in [-0.15, -0.1) is 0 Å². The average molecular weight is 188 g/mol. The van der Waals surface area contributed by atoms with Gasteiger partial charge in [-0.3, -0.25) is 4.52 Å². The molecule has 0 aliphatic heterocycles. The minimum absolute atomic E-state index is 0.467. The maximum Gasteiger partial charge on any atom is 0.369 e. The molecule has 0 bridgehead atoms.